The highest BCUT2D eigenvalue weighted by Gasteiger charge is 2.21. The molecule has 1 aliphatic heterocycles. The molecule has 1 fully saturated rings. The summed E-state index contributed by atoms with van der Waals surface area (Å²) in [6.45, 7) is 12.9. The monoisotopic (exact) mass is 433 g/mol. The highest BCUT2D eigenvalue weighted by molar-refractivity contribution is 5.94. The molecule has 0 aliphatic carbocycles. The summed E-state index contributed by atoms with van der Waals surface area (Å²) in [5.74, 6) is 0.620. The molecule has 0 saturated carbocycles. The van der Waals surface area contributed by atoms with Gasteiger partial charge >= 0.3 is 0 Å². The molecule has 1 saturated heterocycles. The molecule has 1 amide bonds. The van der Waals surface area contributed by atoms with Crippen LogP contribution in [0, 0.1) is 0 Å². The number of furan rings is 1. The minimum atomic E-state index is 0.144. The lowest BCUT2D eigenvalue weighted by Crippen LogP contribution is -2.49. The number of fused-ring (bicyclic) bond motifs is 1. The van der Waals surface area contributed by atoms with Crippen molar-refractivity contribution in [3.63, 3.8) is 0 Å². The van der Waals surface area contributed by atoms with Gasteiger partial charge in [-0.15, -0.1) is 0 Å². The number of para-hydroxylation sites is 1. The van der Waals surface area contributed by atoms with Crippen molar-refractivity contribution < 1.29 is 9.21 Å². The fourth-order valence-corrected chi connectivity index (χ4v) is 4.48. The maximum absolute atomic E-state index is 13.1. The Bertz CT molecular complexity index is 1020. The van der Waals surface area contributed by atoms with E-state index in [2.05, 4.69) is 60.9 Å². The average Bonchev–Trinajstić information content (AvgIpc) is 3.31. The van der Waals surface area contributed by atoms with Gasteiger partial charge in [-0.3, -0.25) is 9.69 Å². The summed E-state index contributed by atoms with van der Waals surface area (Å²) in [5, 5.41) is 1.15. The van der Waals surface area contributed by atoms with E-state index in [0.29, 0.717) is 5.92 Å². The number of benzene rings is 2. The zero-order chi connectivity index (χ0) is 22.5. The molecule has 0 atom stereocenters. The molecular formula is C27H35N3O2. The third-order valence-electron chi connectivity index (χ3n) is 6.46. The molecule has 2 aromatic carbocycles. The van der Waals surface area contributed by atoms with Crippen LogP contribution in [0.5, 0.6) is 0 Å². The van der Waals surface area contributed by atoms with Gasteiger partial charge in [0.05, 0.1) is 12.0 Å². The van der Waals surface area contributed by atoms with Gasteiger partial charge in [0.25, 0.3) is 5.91 Å². The van der Waals surface area contributed by atoms with Crippen molar-refractivity contribution in [2.24, 2.45) is 0 Å². The molecule has 2 heterocycles. The first-order chi connectivity index (χ1) is 15.6. The molecule has 3 aromatic rings. The third-order valence-corrected chi connectivity index (χ3v) is 6.46. The maximum Gasteiger partial charge on any atom is 0.253 e. The van der Waals surface area contributed by atoms with Gasteiger partial charge in [0.2, 0.25) is 0 Å². The summed E-state index contributed by atoms with van der Waals surface area (Å²) in [7, 11) is 0. The molecular weight excluding hydrogens is 398 g/mol. The number of hydrogen-bond acceptors (Lipinski definition) is 4. The van der Waals surface area contributed by atoms with Crippen molar-refractivity contribution in [2.45, 2.75) is 33.1 Å². The number of piperazine rings is 1. The Hall–Kier alpha value is -2.79. The summed E-state index contributed by atoms with van der Waals surface area (Å²) in [6.07, 6.45) is 2.73. The number of amides is 1. The summed E-state index contributed by atoms with van der Waals surface area (Å²) < 4.78 is 5.72. The highest BCUT2D eigenvalue weighted by Crippen LogP contribution is 2.28. The SMILES string of the molecule is CCCN(CCN1CCN(c2cccc3ccoc23)CC1)C(=O)c1ccc(C(C)C)cc1. The van der Waals surface area contributed by atoms with Crippen LogP contribution in [0.1, 0.15) is 49.0 Å². The predicted octanol–water partition coefficient (Wildman–Crippen LogP) is 5.23. The molecule has 1 aromatic heterocycles. The number of hydrogen-bond donors (Lipinski definition) is 0. The number of rotatable bonds is 8. The van der Waals surface area contributed by atoms with Crippen LogP contribution in [0.4, 0.5) is 5.69 Å². The molecule has 5 nitrogen and oxygen atoms in total. The van der Waals surface area contributed by atoms with Gasteiger partial charge in [0, 0.05) is 56.8 Å². The minimum Gasteiger partial charge on any atom is -0.462 e. The molecule has 5 heteroatoms. The van der Waals surface area contributed by atoms with Crippen LogP contribution in [0.15, 0.2) is 59.2 Å². The largest absolute Gasteiger partial charge is 0.462 e. The summed E-state index contributed by atoms with van der Waals surface area (Å²) in [5.41, 5.74) is 4.22. The van der Waals surface area contributed by atoms with Crippen LogP contribution in [-0.4, -0.2) is 61.5 Å². The quantitative estimate of drug-likeness (QED) is 0.488. The second kappa shape index (κ2) is 10.2. The number of carbonyl (C=O) groups excluding carboxylic acids is 1. The molecule has 4 rings (SSSR count). The Morgan fingerprint density at radius 3 is 2.44 bits per heavy atom. The van der Waals surface area contributed by atoms with Gasteiger partial charge in [-0.2, -0.15) is 0 Å². The van der Waals surface area contributed by atoms with E-state index in [1.54, 1.807) is 6.26 Å². The van der Waals surface area contributed by atoms with Gasteiger partial charge < -0.3 is 14.2 Å². The highest BCUT2D eigenvalue weighted by atomic mass is 16.3. The summed E-state index contributed by atoms with van der Waals surface area (Å²) in [4.78, 5) is 20.0. The number of carbonyl (C=O) groups is 1. The zero-order valence-corrected chi connectivity index (χ0v) is 19.6. The topological polar surface area (TPSA) is 39.9 Å². The average molecular weight is 434 g/mol. The van der Waals surface area contributed by atoms with Crippen molar-refractivity contribution in [1.29, 1.82) is 0 Å². The second-order valence-electron chi connectivity index (χ2n) is 9.01. The van der Waals surface area contributed by atoms with E-state index in [0.717, 1.165) is 68.8 Å². The number of nitrogens with zero attached hydrogens (tertiary/aromatic N) is 3. The normalized spacial score (nSPS) is 14.9. The van der Waals surface area contributed by atoms with Crippen LogP contribution < -0.4 is 4.90 Å². The van der Waals surface area contributed by atoms with Crippen molar-refractivity contribution in [3.05, 3.63) is 65.9 Å². The lowest BCUT2D eigenvalue weighted by Gasteiger charge is -2.37. The molecule has 32 heavy (non-hydrogen) atoms. The van der Waals surface area contributed by atoms with E-state index in [1.165, 1.54) is 11.3 Å². The summed E-state index contributed by atoms with van der Waals surface area (Å²) >= 11 is 0. The van der Waals surface area contributed by atoms with E-state index in [1.807, 2.05) is 23.1 Å². The Kier molecular flexibility index (Phi) is 7.15. The first-order valence-electron chi connectivity index (χ1n) is 11.9. The minimum absolute atomic E-state index is 0.144. The molecule has 0 unspecified atom stereocenters. The van der Waals surface area contributed by atoms with E-state index in [9.17, 15) is 4.79 Å². The van der Waals surface area contributed by atoms with Crippen LogP contribution in [0.25, 0.3) is 11.0 Å². The predicted molar refractivity (Wildman–Crippen MR) is 132 cm³/mol. The molecule has 170 valence electrons. The van der Waals surface area contributed by atoms with Gasteiger partial charge in [0.1, 0.15) is 0 Å². The molecule has 0 radical (unpaired) electrons. The van der Waals surface area contributed by atoms with E-state index in [-0.39, 0.29) is 5.91 Å². The van der Waals surface area contributed by atoms with Crippen molar-refractivity contribution in [2.75, 3.05) is 50.7 Å². The lowest BCUT2D eigenvalue weighted by molar-refractivity contribution is 0.0733. The number of anilines is 1. The first kappa shape index (κ1) is 22.4. The van der Waals surface area contributed by atoms with Gasteiger partial charge in [-0.05, 0) is 42.2 Å². The first-order valence-corrected chi connectivity index (χ1v) is 11.9. The van der Waals surface area contributed by atoms with E-state index in [4.69, 9.17) is 4.42 Å². The van der Waals surface area contributed by atoms with Gasteiger partial charge in [0.15, 0.2) is 5.58 Å². The molecule has 0 N–H and O–H groups in total. The molecule has 0 spiro atoms. The lowest BCUT2D eigenvalue weighted by atomic mass is 10.0. The Balaban J connectivity index is 1.32. The third kappa shape index (κ3) is 4.99. The van der Waals surface area contributed by atoms with Crippen LogP contribution in [-0.2, 0) is 0 Å². The summed E-state index contributed by atoms with van der Waals surface area (Å²) in [6, 6.07) is 16.5. The van der Waals surface area contributed by atoms with Gasteiger partial charge in [-0.1, -0.05) is 45.0 Å². The smallest absolute Gasteiger partial charge is 0.253 e. The van der Waals surface area contributed by atoms with Crippen molar-refractivity contribution >= 4 is 22.6 Å². The van der Waals surface area contributed by atoms with Crippen LogP contribution in [0.3, 0.4) is 0 Å². The Labute approximate surface area is 191 Å². The second-order valence-corrected chi connectivity index (χ2v) is 9.01. The zero-order valence-electron chi connectivity index (χ0n) is 19.6. The fourth-order valence-electron chi connectivity index (χ4n) is 4.48. The van der Waals surface area contributed by atoms with Gasteiger partial charge in [-0.25, -0.2) is 0 Å². The maximum atomic E-state index is 13.1. The van der Waals surface area contributed by atoms with E-state index >= 15 is 0 Å². The molecule has 0 bridgehead atoms. The van der Waals surface area contributed by atoms with Crippen LogP contribution in [0.2, 0.25) is 0 Å². The Morgan fingerprint density at radius 1 is 1.00 bits per heavy atom. The molecule has 1 aliphatic rings. The van der Waals surface area contributed by atoms with Crippen LogP contribution >= 0.6 is 0 Å². The standard InChI is InChI=1S/C27H35N3O2/c1-4-13-30(27(31)24-10-8-22(9-11-24)21(2)3)19-16-28-14-17-29(18-15-28)25-7-5-6-23-12-20-32-26(23)25/h5-12,20-21H,4,13-19H2,1-3H3. The van der Waals surface area contributed by atoms with Crippen molar-refractivity contribution in [1.82, 2.24) is 9.80 Å². The fraction of sp³-hybridized carbons (Fsp3) is 0.444. The van der Waals surface area contributed by atoms with E-state index < -0.39 is 0 Å². The Morgan fingerprint density at radius 2 is 1.75 bits per heavy atom. The van der Waals surface area contributed by atoms with Crippen molar-refractivity contribution in [3.8, 4) is 0 Å².